The second kappa shape index (κ2) is 10.2. The number of sulfonamides is 1. The van der Waals surface area contributed by atoms with Crippen LogP contribution in [0.3, 0.4) is 0 Å². The van der Waals surface area contributed by atoms with E-state index in [0.717, 1.165) is 24.8 Å². The number of pyridine rings is 1. The van der Waals surface area contributed by atoms with E-state index in [2.05, 4.69) is 4.98 Å². The van der Waals surface area contributed by atoms with Gasteiger partial charge in [0.15, 0.2) is 0 Å². The van der Waals surface area contributed by atoms with Gasteiger partial charge in [-0.2, -0.15) is 4.31 Å². The van der Waals surface area contributed by atoms with Crippen LogP contribution in [0, 0.1) is 0 Å². The summed E-state index contributed by atoms with van der Waals surface area (Å²) in [6.07, 6.45) is 6.96. The molecule has 29 heavy (non-hydrogen) atoms. The van der Waals surface area contributed by atoms with Crippen LogP contribution in [0.15, 0.2) is 48.8 Å². The zero-order valence-electron chi connectivity index (χ0n) is 16.2. The third-order valence-corrected chi connectivity index (χ3v) is 7.02. The first-order valence-electron chi connectivity index (χ1n) is 9.75. The maximum Gasteiger partial charge on any atom is 0.324 e. The number of ether oxygens (including phenoxy) is 1. The molecule has 0 radical (unpaired) electrons. The molecule has 0 saturated carbocycles. The van der Waals surface area contributed by atoms with Gasteiger partial charge in [-0.25, -0.2) is 8.42 Å². The Morgan fingerprint density at radius 2 is 1.97 bits per heavy atom. The summed E-state index contributed by atoms with van der Waals surface area (Å²) < 4.78 is 32.6. The highest BCUT2D eigenvalue weighted by atomic mass is 35.5. The number of aryl methyl sites for hydroxylation is 1. The van der Waals surface area contributed by atoms with Crippen LogP contribution < -0.4 is 0 Å². The lowest BCUT2D eigenvalue weighted by Gasteiger charge is -2.33. The number of carbonyl (C=O) groups excluding carboxylic acids is 1. The van der Waals surface area contributed by atoms with Gasteiger partial charge in [-0.1, -0.05) is 29.8 Å². The molecule has 2 aromatic rings. The quantitative estimate of drug-likeness (QED) is 0.466. The Balaban J connectivity index is 1.57. The molecule has 1 aliphatic rings. The number of hydrogen-bond donors (Lipinski definition) is 0. The molecule has 2 heterocycles. The Morgan fingerprint density at radius 3 is 2.69 bits per heavy atom. The minimum atomic E-state index is -3.64. The van der Waals surface area contributed by atoms with Gasteiger partial charge >= 0.3 is 5.97 Å². The molecule has 1 atom stereocenters. The van der Waals surface area contributed by atoms with Crippen LogP contribution in [-0.4, -0.2) is 42.9 Å². The predicted molar refractivity (Wildman–Crippen MR) is 112 cm³/mol. The van der Waals surface area contributed by atoms with Gasteiger partial charge in [0.05, 0.1) is 12.4 Å². The molecule has 0 aliphatic carbocycles. The Bertz CT molecular complexity index is 904. The van der Waals surface area contributed by atoms with E-state index < -0.39 is 22.0 Å². The highest BCUT2D eigenvalue weighted by molar-refractivity contribution is 7.88. The van der Waals surface area contributed by atoms with Crippen molar-refractivity contribution in [1.29, 1.82) is 0 Å². The molecule has 0 bridgehead atoms. The summed E-state index contributed by atoms with van der Waals surface area (Å²) >= 11 is 5.87. The summed E-state index contributed by atoms with van der Waals surface area (Å²) in [5.41, 5.74) is 1.72. The predicted octanol–water partition coefficient (Wildman–Crippen LogP) is 3.60. The van der Waals surface area contributed by atoms with Crippen LogP contribution in [0.5, 0.6) is 0 Å². The number of carbonyl (C=O) groups is 1. The van der Waals surface area contributed by atoms with Gasteiger partial charge in [0.25, 0.3) is 0 Å². The average molecular weight is 437 g/mol. The molecule has 0 amide bonds. The molecule has 0 spiro atoms. The van der Waals surface area contributed by atoms with E-state index in [4.69, 9.17) is 16.3 Å². The minimum absolute atomic E-state index is 0.158. The molecule has 156 valence electrons. The maximum absolute atomic E-state index is 12.9. The molecule has 0 N–H and O–H groups in total. The van der Waals surface area contributed by atoms with E-state index in [-0.39, 0.29) is 12.4 Å². The molecule has 1 saturated heterocycles. The maximum atomic E-state index is 12.9. The highest BCUT2D eigenvalue weighted by Crippen LogP contribution is 2.24. The average Bonchev–Trinajstić information content (AvgIpc) is 2.73. The summed E-state index contributed by atoms with van der Waals surface area (Å²) in [5.74, 6) is -0.620. The van der Waals surface area contributed by atoms with E-state index in [9.17, 15) is 13.2 Å². The molecular weight excluding hydrogens is 412 g/mol. The molecule has 1 aliphatic heterocycles. The van der Waals surface area contributed by atoms with Crippen LogP contribution in [0.1, 0.15) is 36.8 Å². The van der Waals surface area contributed by atoms with Crippen LogP contribution >= 0.6 is 11.6 Å². The van der Waals surface area contributed by atoms with E-state index in [1.165, 1.54) is 4.31 Å². The van der Waals surface area contributed by atoms with E-state index in [0.29, 0.717) is 30.0 Å². The van der Waals surface area contributed by atoms with Crippen molar-refractivity contribution >= 4 is 27.6 Å². The van der Waals surface area contributed by atoms with Gasteiger partial charge in [0.1, 0.15) is 6.04 Å². The lowest BCUT2D eigenvalue weighted by molar-refractivity contribution is -0.149. The molecule has 6 nitrogen and oxygen atoms in total. The van der Waals surface area contributed by atoms with E-state index >= 15 is 0 Å². The fraction of sp³-hybridized carbons (Fsp3) is 0.429. The second-order valence-electron chi connectivity index (χ2n) is 7.14. The molecule has 3 rings (SSSR count). The lowest BCUT2D eigenvalue weighted by atomic mass is 10.1. The van der Waals surface area contributed by atoms with Crippen molar-refractivity contribution in [1.82, 2.24) is 9.29 Å². The number of hydrogen-bond acceptors (Lipinski definition) is 5. The smallest absolute Gasteiger partial charge is 0.324 e. The van der Waals surface area contributed by atoms with Crippen molar-refractivity contribution in [3.8, 4) is 0 Å². The highest BCUT2D eigenvalue weighted by Gasteiger charge is 2.37. The Hall–Kier alpha value is -1.96. The number of piperidine rings is 1. The van der Waals surface area contributed by atoms with Crippen molar-refractivity contribution in [2.45, 2.75) is 43.9 Å². The topological polar surface area (TPSA) is 76.6 Å². The Kier molecular flexibility index (Phi) is 7.64. The van der Waals surface area contributed by atoms with Gasteiger partial charge in [0.2, 0.25) is 10.0 Å². The first kappa shape index (κ1) is 21.7. The van der Waals surface area contributed by atoms with Crippen LogP contribution in [-0.2, 0) is 31.7 Å². The van der Waals surface area contributed by atoms with Gasteiger partial charge in [-0.3, -0.25) is 9.78 Å². The standard InChI is InChI=1S/C21H25ClN2O4S/c22-19-10-8-18(9-11-19)16-29(26,27)24-13-2-1-7-20(24)21(25)28-14-4-6-17-5-3-12-23-15-17/h3,5,8-12,15,20H,1-2,4,6-7,13-14,16H2/t20-/m0/s1. The monoisotopic (exact) mass is 436 g/mol. The van der Waals surface area contributed by atoms with Gasteiger partial charge < -0.3 is 4.74 Å². The first-order chi connectivity index (χ1) is 14.0. The van der Waals surface area contributed by atoms with Crippen molar-refractivity contribution in [3.05, 3.63) is 64.9 Å². The zero-order chi connectivity index (χ0) is 20.7. The number of aromatic nitrogens is 1. The minimum Gasteiger partial charge on any atom is -0.464 e. The SMILES string of the molecule is O=C(OCCCc1cccnc1)[C@@H]1CCCCN1S(=O)(=O)Cc1ccc(Cl)cc1. The summed E-state index contributed by atoms with van der Waals surface area (Å²) in [5, 5.41) is 0.553. The first-order valence-corrected chi connectivity index (χ1v) is 11.7. The summed E-state index contributed by atoms with van der Waals surface area (Å²) in [6, 6.07) is 9.80. The fourth-order valence-electron chi connectivity index (χ4n) is 3.44. The Morgan fingerprint density at radius 1 is 1.17 bits per heavy atom. The molecule has 1 fully saturated rings. The third-order valence-electron chi connectivity index (χ3n) is 4.92. The van der Waals surface area contributed by atoms with Crippen molar-refractivity contribution < 1.29 is 17.9 Å². The molecular formula is C21H25ClN2O4S. The second-order valence-corrected chi connectivity index (χ2v) is 9.50. The van der Waals surface area contributed by atoms with Crippen LogP contribution in [0.25, 0.3) is 0 Å². The zero-order valence-corrected chi connectivity index (χ0v) is 17.7. The van der Waals surface area contributed by atoms with E-state index in [1.54, 1.807) is 36.7 Å². The van der Waals surface area contributed by atoms with Crippen molar-refractivity contribution in [3.63, 3.8) is 0 Å². The summed E-state index contributed by atoms with van der Waals surface area (Å²) in [6.45, 7) is 0.598. The number of benzene rings is 1. The molecule has 1 aromatic carbocycles. The van der Waals surface area contributed by atoms with Crippen molar-refractivity contribution in [2.75, 3.05) is 13.2 Å². The summed E-state index contributed by atoms with van der Waals surface area (Å²) in [7, 11) is -3.64. The Labute approximate surface area is 176 Å². The van der Waals surface area contributed by atoms with Gasteiger partial charge in [0, 0.05) is 24.0 Å². The van der Waals surface area contributed by atoms with Crippen LogP contribution in [0.2, 0.25) is 5.02 Å². The van der Waals surface area contributed by atoms with Gasteiger partial charge in [-0.05, 0) is 61.4 Å². The molecule has 8 heteroatoms. The third kappa shape index (κ3) is 6.26. The number of nitrogens with zero attached hydrogens (tertiary/aromatic N) is 2. The number of esters is 1. The number of halogens is 1. The van der Waals surface area contributed by atoms with Gasteiger partial charge in [-0.15, -0.1) is 0 Å². The summed E-state index contributed by atoms with van der Waals surface area (Å²) in [4.78, 5) is 16.7. The van der Waals surface area contributed by atoms with Crippen molar-refractivity contribution in [2.24, 2.45) is 0 Å². The fourth-order valence-corrected chi connectivity index (χ4v) is 5.33. The van der Waals surface area contributed by atoms with E-state index in [1.807, 2.05) is 12.1 Å². The number of rotatable bonds is 8. The molecule has 0 unspecified atom stereocenters. The normalized spacial score (nSPS) is 17.8. The van der Waals surface area contributed by atoms with Crippen LogP contribution in [0.4, 0.5) is 0 Å². The molecule has 1 aromatic heterocycles. The lowest BCUT2D eigenvalue weighted by Crippen LogP contribution is -2.49. The largest absolute Gasteiger partial charge is 0.464 e.